The van der Waals surface area contributed by atoms with Gasteiger partial charge in [0.1, 0.15) is 5.82 Å². The van der Waals surface area contributed by atoms with Crippen LogP contribution in [0.25, 0.3) is 0 Å². The van der Waals surface area contributed by atoms with Crippen LogP contribution in [0.1, 0.15) is 18.5 Å². The molecule has 2 N–H and O–H groups in total. The summed E-state index contributed by atoms with van der Waals surface area (Å²) in [6, 6.07) is 5.97. The zero-order valence-electron chi connectivity index (χ0n) is 10.6. The van der Waals surface area contributed by atoms with Crippen LogP contribution in [0.5, 0.6) is 0 Å². The van der Waals surface area contributed by atoms with Crippen LogP contribution in [-0.2, 0) is 0 Å². The number of anilines is 2. The van der Waals surface area contributed by atoms with E-state index >= 15 is 0 Å². The molecule has 19 heavy (non-hydrogen) atoms. The normalized spacial score (nSPS) is 12.2. The van der Waals surface area contributed by atoms with E-state index in [0.29, 0.717) is 5.56 Å². The molecule has 0 aliphatic rings. The number of benzene rings is 1. The molecule has 0 amide bonds. The molecule has 1 heterocycles. The number of nitrogen functional groups attached to an aromatic ring is 1. The topological polar surface area (TPSA) is 55.0 Å². The molecule has 1 aromatic carbocycles. The molecule has 0 saturated carbocycles. The van der Waals surface area contributed by atoms with E-state index in [0.717, 1.165) is 6.20 Å². The number of nitrogens with zero attached hydrogens (tertiary/aromatic N) is 3. The van der Waals surface area contributed by atoms with Gasteiger partial charge in [-0.25, -0.2) is 13.8 Å². The summed E-state index contributed by atoms with van der Waals surface area (Å²) in [6.07, 6.45) is 1.00. The quantitative estimate of drug-likeness (QED) is 0.925. The fourth-order valence-electron chi connectivity index (χ4n) is 1.82. The van der Waals surface area contributed by atoms with Gasteiger partial charge in [-0.15, -0.1) is 0 Å². The van der Waals surface area contributed by atoms with Crippen molar-refractivity contribution < 1.29 is 8.78 Å². The first-order valence-electron chi connectivity index (χ1n) is 5.76. The van der Waals surface area contributed by atoms with Gasteiger partial charge >= 0.3 is 0 Å². The molecule has 0 bridgehead atoms. The van der Waals surface area contributed by atoms with Crippen molar-refractivity contribution in [2.24, 2.45) is 0 Å². The van der Waals surface area contributed by atoms with E-state index < -0.39 is 5.82 Å². The molecule has 2 rings (SSSR count). The van der Waals surface area contributed by atoms with Crippen molar-refractivity contribution in [3.8, 4) is 0 Å². The Morgan fingerprint density at radius 2 is 1.89 bits per heavy atom. The first kappa shape index (κ1) is 13.2. The van der Waals surface area contributed by atoms with Gasteiger partial charge in [0.2, 0.25) is 5.95 Å². The molecule has 100 valence electrons. The van der Waals surface area contributed by atoms with Gasteiger partial charge in [0.25, 0.3) is 0 Å². The molecule has 0 saturated heterocycles. The molecule has 1 atom stereocenters. The summed E-state index contributed by atoms with van der Waals surface area (Å²) in [6.45, 7) is 1.76. The first-order chi connectivity index (χ1) is 9.00. The fraction of sp³-hybridized carbons (Fsp3) is 0.231. The van der Waals surface area contributed by atoms with Gasteiger partial charge in [0.15, 0.2) is 11.6 Å². The Kier molecular flexibility index (Phi) is 3.59. The van der Waals surface area contributed by atoms with E-state index in [2.05, 4.69) is 9.97 Å². The monoisotopic (exact) mass is 264 g/mol. The predicted octanol–water partition coefficient (Wildman–Crippen LogP) is 2.53. The van der Waals surface area contributed by atoms with Crippen molar-refractivity contribution in [1.29, 1.82) is 0 Å². The van der Waals surface area contributed by atoms with Crippen LogP contribution >= 0.6 is 0 Å². The third kappa shape index (κ3) is 2.62. The average molecular weight is 264 g/mol. The highest BCUT2D eigenvalue weighted by molar-refractivity contribution is 5.44. The molecule has 1 aromatic heterocycles. The molecular weight excluding hydrogens is 250 g/mol. The molecule has 0 fully saturated rings. The van der Waals surface area contributed by atoms with Crippen LogP contribution in [0, 0.1) is 11.6 Å². The third-order valence-electron chi connectivity index (χ3n) is 3.01. The van der Waals surface area contributed by atoms with Gasteiger partial charge in [-0.1, -0.05) is 18.2 Å². The Morgan fingerprint density at radius 3 is 2.58 bits per heavy atom. The summed E-state index contributed by atoms with van der Waals surface area (Å²) in [5.74, 6) is -0.920. The lowest BCUT2D eigenvalue weighted by Gasteiger charge is -2.26. The SMILES string of the molecule is CC(c1ccccc1F)N(C)c1nc(N)ncc1F. The van der Waals surface area contributed by atoms with Gasteiger partial charge in [-0.3, -0.25) is 0 Å². The zero-order valence-corrected chi connectivity index (χ0v) is 10.6. The largest absolute Gasteiger partial charge is 0.368 e. The lowest BCUT2D eigenvalue weighted by atomic mass is 10.1. The predicted molar refractivity (Wildman–Crippen MR) is 69.6 cm³/mol. The number of aromatic nitrogens is 2. The molecule has 0 radical (unpaired) electrons. The molecular formula is C13H14F2N4. The van der Waals surface area contributed by atoms with Crippen LogP contribution in [0.3, 0.4) is 0 Å². The van der Waals surface area contributed by atoms with E-state index in [1.165, 1.54) is 11.0 Å². The highest BCUT2D eigenvalue weighted by Gasteiger charge is 2.20. The maximum Gasteiger partial charge on any atom is 0.222 e. The van der Waals surface area contributed by atoms with Crippen LogP contribution in [0.4, 0.5) is 20.5 Å². The van der Waals surface area contributed by atoms with Crippen LogP contribution in [0.2, 0.25) is 0 Å². The number of hydrogen-bond donors (Lipinski definition) is 1. The van der Waals surface area contributed by atoms with Crippen LogP contribution in [-0.4, -0.2) is 17.0 Å². The summed E-state index contributed by atoms with van der Waals surface area (Å²) in [5, 5.41) is 0. The highest BCUT2D eigenvalue weighted by Crippen LogP contribution is 2.27. The molecule has 6 heteroatoms. The van der Waals surface area contributed by atoms with Gasteiger partial charge < -0.3 is 10.6 Å². The summed E-state index contributed by atoms with van der Waals surface area (Å²) in [5.41, 5.74) is 5.90. The molecule has 4 nitrogen and oxygen atoms in total. The Hall–Kier alpha value is -2.24. The second kappa shape index (κ2) is 5.17. The van der Waals surface area contributed by atoms with Gasteiger partial charge in [-0.05, 0) is 13.0 Å². The van der Waals surface area contributed by atoms with Crippen molar-refractivity contribution in [3.63, 3.8) is 0 Å². The molecule has 0 spiro atoms. The van der Waals surface area contributed by atoms with Crippen molar-refractivity contribution >= 4 is 11.8 Å². The summed E-state index contributed by atoms with van der Waals surface area (Å²) >= 11 is 0. The lowest BCUT2D eigenvalue weighted by molar-refractivity contribution is 0.568. The van der Waals surface area contributed by atoms with Gasteiger partial charge in [0.05, 0.1) is 12.2 Å². The smallest absolute Gasteiger partial charge is 0.222 e. The van der Waals surface area contributed by atoms with E-state index in [4.69, 9.17) is 5.73 Å². The summed E-state index contributed by atoms with van der Waals surface area (Å²) in [7, 11) is 1.63. The maximum atomic E-state index is 13.7. The summed E-state index contributed by atoms with van der Waals surface area (Å²) < 4.78 is 27.4. The summed E-state index contributed by atoms with van der Waals surface area (Å²) in [4.78, 5) is 8.93. The molecule has 0 aliphatic heterocycles. The van der Waals surface area contributed by atoms with Crippen molar-refractivity contribution in [1.82, 2.24) is 9.97 Å². The van der Waals surface area contributed by atoms with E-state index in [1.54, 1.807) is 32.2 Å². The van der Waals surface area contributed by atoms with E-state index in [-0.39, 0.29) is 23.6 Å². The zero-order chi connectivity index (χ0) is 14.0. The molecule has 0 aliphatic carbocycles. The second-order valence-corrected chi connectivity index (χ2v) is 4.21. The van der Waals surface area contributed by atoms with Crippen molar-refractivity contribution in [2.45, 2.75) is 13.0 Å². The van der Waals surface area contributed by atoms with E-state index in [1.807, 2.05) is 0 Å². The number of nitrogens with two attached hydrogens (primary N) is 1. The van der Waals surface area contributed by atoms with Crippen molar-refractivity contribution in [2.75, 3.05) is 17.7 Å². The highest BCUT2D eigenvalue weighted by atomic mass is 19.1. The number of hydrogen-bond acceptors (Lipinski definition) is 4. The molecule has 1 unspecified atom stereocenters. The minimum absolute atomic E-state index is 0.0241. The Labute approximate surface area is 109 Å². The Bertz CT molecular complexity index is 589. The second-order valence-electron chi connectivity index (χ2n) is 4.21. The lowest BCUT2D eigenvalue weighted by Crippen LogP contribution is -2.25. The first-order valence-corrected chi connectivity index (χ1v) is 5.76. The van der Waals surface area contributed by atoms with Crippen LogP contribution < -0.4 is 10.6 Å². The number of halogens is 2. The standard InChI is InChI=1S/C13H14F2N4/c1-8(9-5-3-4-6-10(9)14)19(2)12-11(15)7-17-13(16)18-12/h3-8H,1-2H3,(H2,16,17,18). The van der Waals surface area contributed by atoms with Gasteiger partial charge in [0, 0.05) is 12.6 Å². The Balaban J connectivity index is 2.36. The minimum atomic E-state index is -0.597. The molecule has 2 aromatic rings. The fourth-order valence-corrected chi connectivity index (χ4v) is 1.82. The third-order valence-corrected chi connectivity index (χ3v) is 3.01. The maximum absolute atomic E-state index is 13.7. The average Bonchev–Trinajstić information content (AvgIpc) is 2.40. The van der Waals surface area contributed by atoms with Crippen LogP contribution in [0.15, 0.2) is 30.5 Å². The van der Waals surface area contributed by atoms with E-state index in [9.17, 15) is 8.78 Å². The van der Waals surface area contributed by atoms with Gasteiger partial charge in [-0.2, -0.15) is 4.98 Å². The number of rotatable bonds is 3. The minimum Gasteiger partial charge on any atom is -0.368 e. The Morgan fingerprint density at radius 1 is 1.21 bits per heavy atom. The van der Waals surface area contributed by atoms with Crippen molar-refractivity contribution in [3.05, 3.63) is 47.7 Å².